The number of rotatable bonds is 12. The Labute approximate surface area is 428 Å². The van der Waals surface area contributed by atoms with Crippen LogP contribution in [-0.2, 0) is 60.6 Å². The van der Waals surface area contributed by atoms with Gasteiger partial charge < -0.3 is 33.6 Å². The van der Waals surface area contributed by atoms with Gasteiger partial charge in [0, 0.05) is 46.2 Å². The number of cyclic esters (lactones) is 4. The summed E-state index contributed by atoms with van der Waals surface area (Å²) in [7, 11) is 6.43. The van der Waals surface area contributed by atoms with Crippen molar-refractivity contribution < 1.29 is 47.7 Å². The molecule has 2 amide bonds. The molecule has 1 aliphatic rings. The molecule has 1 aliphatic heterocycles. The van der Waals surface area contributed by atoms with Gasteiger partial charge in [-0.25, -0.2) is 14.4 Å². The van der Waals surface area contributed by atoms with Crippen molar-refractivity contribution >= 4 is 35.7 Å². The van der Waals surface area contributed by atoms with Gasteiger partial charge in [-0.05, 0) is 81.4 Å². The first kappa shape index (κ1) is 63.8. The summed E-state index contributed by atoms with van der Waals surface area (Å²) in [5, 5.41) is 0. The molecule has 8 atom stereocenters. The molecular formula is C57H92N4O10. The summed E-state index contributed by atoms with van der Waals surface area (Å²) in [6.45, 7) is 31.3. The first-order valence-corrected chi connectivity index (χ1v) is 26.0. The molecule has 0 saturated carbocycles. The molecule has 0 aromatic heterocycles. The molecule has 0 aliphatic carbocycles. The van der Waals surface area contributed by atoms with E-state index in [0.717, 1.165) is 11.1 Å². The second kappa shape index (κ2) is 32.0. The van der Waals surface area contributed by atoms with Crippen LogP contribution in [0.3, 0.4) is 0 Å². The van der Waals surface area contributed by atoms with Crippen molar-refractivity contribution in [1.29, 1.82) is 0 Å². The van der Waals surface area contributed by atoms with Gasteiger partial charge in [0.1, 0.15) is 36.4 Å². The van der Waals surface area contributed by atoms with Crippen LogP contribution in [0.4, 0.5) is 0 Å². The van der Waals surface area contributed by atoms with E-state index in [-0.39, 0.29) is 61.6 Å². The van der Waals surface area contributed by atoms with Crippen molar-refractivity contribution in [1.82, 2.24) is 19.6 Å². The fraction of sp³-hybridized carbons (Fsp3) is 0.649. The maximum Gasteiger partial charge on any atom is 0.329 e. The second-order valence-corrected chi connectivity index (χ2v) is 20.1. The average Bonchev–Trinajstić information content (AvgIpc) is 3.32. The fourth-order valence-corrected chi connectivity index (χ4v) is 8.35. The Morgan fingerprint density at radius 2 is 0.789 bits per heavy atom. The van der Waals surface area contributed by atoms with Crippen LogP contribution in [0.25, 0.3) is 0 Å². The van der Waals surface area contributed by atoms with Gasteiger partial charge >= 0.3 is 23.9 Å². The molecule has 2 aromatic rings. The number of carbonyl (C=O) groups excluding carboxylic acids is 6. The molecule has 400 valence electrons. The molecule has 0 bridgehead atoms. The molecule has 71 heavy (non-hydrogen) atoms. The summed E-state index contributed by atoms with van der Waals surface area (Å²) in [5.41, 5.74) is 1.78. The van der Waals surface area contributed by atoms with E-state index in [9.17, 15) is 28.8 Å². The number of esters is 4. The Morgan fingerprint density at radius 1 is 0.479 bits per heavy atom. The minimum absolute atomic E-state index is 0.0108. The average molecular weight is 993 g/mol. The molecule has 1 heterocycles. The van der Waals surface area contributed by atoms with Crippen molar-refractivity contribution in [2.75, 3.05) is 34.7 Å². The molecule has 0 radical (unpaired) electrons. The highest BCUT2D eigenvalue weighted by Crippen LogP contribution is 2.25. The Balaban J connectivity index is 0.00000613. The SMILES string of the molecule is C=C1C(C)OC(=O)C(CC(C)C)N(C)C(=O)C(Cc2ccccc2)OC(=O)C(CC(C)C)N(C)CC(C)OC(=O)C(CC(C)C)N(C)C(=O)C(Cc2ccccc2)OC(=O)C(CC(C)C)N1C.CC.CC. The van der Waals surface area contributed by atoms with Gasteiger partial charge in [-0.1, -0.05) is 150 Å². The van der Waals surface area contributed by atoms with Gasteiger partial charge in [0.25, 0.3) is 11.8 Å². The van der Waals surface area contributed by atoms with Crippen molar-refractivity contribution in [3.63, 3.8) is 0 Å². The summed E-state index contributed by atoms with van der Waals surface area (Å²) < 4.78 is 24.6. The van der Waals surface area contributed by atoms with E-state index < -0.39 is 84.3 Å². The number of hydrogen-bond acceptors (Lipinski definition) is 12. The van der Waals surface area contributed by atoms with E-state index in [1.165, 1.54) is 23.9 Å². The molecule has 2 aromatic carbocycles. The van der Waals surface area contributed by atoms with Crippen molar-refractivity contribution in [2.45, 2.75) is 184 Å². The third-order valence-corrected chi connectivity index (χ3v) is 12.2. The Morgan fingerprint density at radius 3 is 1.15 bits per heavy atom. The topological polar surface area (TPSA) is 152 Å². The quantitative estimate of drug-likeness (QED) is 0.147. The van der Waals surface area contributed by atoms with Crippen LogP contribution in [0.2, 0.25) is 0 Å². The maximum atomic E-state index is 14.7. The number of nitrogens with zero attached hydrogens (tertiary/aromatic N) is 4. The van der Waals surface area contributed by atoms with Gasteiger partial charge in [-0.2, -0.15) is 0 Å². The smallest absolute Gasteiger partial charge is 0.329 e. The number of carbonyl (C=O) groups is 6. The zero-order chi connectivity index (χ0) is 54.3. The van der Waals surface area contributed by atoms with Crippen LogP contribution in [0, 0.1) is 23.7 Å². The largest absolute Gasteiger partial charge is 0.460 e. The summed E-state index contributed by atoms with van der Waals surface area (Å²) in [5.74, 6) is -3.88. The molecular weight excluding hydrogens is 901 g/mol. The number of likely N-dealkylation sites (N-methyl/N-ethyl adjacent to an activating group) is 4. The normalized spacial score (nSPS) is 24.4. The second-order valence-electron chi connectivity index (χ2n) is 20.1. The van der Waals surface area contributed by atoms with Crippen molar-refractivity contribution in [2.24, 2.45) is 23.7 Å². The lowest BCUT2D eigenvalue weighted by atomic mass is 10.00. The third kappa shape index (κ3) is 20.8. The van der Waals surface area contributed by atoms with Crippen LogP contribution in [-0.4, -0.2) is 139 Å². The molecule has 14 nitrogen and oxygen atoms in total. The minimum atomic E-state index is -1.32. The molecule has 0 spiro atoms. The van der Waals surface area contributed by atoms with E-state index in [1.54, 1.807) is 37.7 Å². The van der Waals surface area contributed by atoms with E-state index in [0.29, 0.717) is 12.8 Å². The Kier molecular flexibility index (Phi) is 28.7. The summed E-state index contributed by atoms with van der Waals surface area (Å²) in [4.78, 5) is 92.8. The van der Waals surface area contributed by atoms with Crippen LogP contribution < -0.4 is 0 Å². The van der Waals surface area contributed by atoms with Gasteiger partial charge in [-0.15, -0.1) is 0 Å². The Hall–Kier alpha value is -5.24. The first-order chi connectivity index (χ1) is 33.4. The molecule has 14 heteroatoms. The van der Waals surface area contributed by atoms with Crippen LogP contribution in [0.15, 0.2) is 72.9 Å². The highest BCUT2D eigenvalue weighted by molar-refractivity contribution is 5.90. The maximum absolute atomic E-state index is 14.7. The molecule has 1 fully saturated rings. The molecule has 1 saturated heterocycles. The minimum Gasteiger partial charge on any atom is -0.460 e. The lowest BCUT2D eigenvalue weighted by Gasteiger charge is -2.36. The van der Waals surface area contributed by atoms with Gasteiger partial charge in [0.05, 0.1) is 0 Å². The number of amides is 2. The van der Waals surface area contributed by atoms with Crippen molar-refractivity contribution in [3.8, 4) is 0 Å². The predicted octanol–water partition coefficient (Wildman–Crippen LogP) is 9.18. The molecule has 3 rings (SSSR count). The van der Waals surface area contributed by atoms with E-state index >= 15 is 0 Å². The summed E-state index contributed by atoms with van der Waals surface area (Å²) in [6, 6.07) is 14.5. The fourth-order valence-electron chi connectivity index (χ4n) is 8.35. The van der Waals surface area contributed by atoms with E-state index in [4.69, 9.17) is 18.9 Å². The van der Waals surface area contributed by atoms with Crippen LogP contribution in [0.5, 0.6) is 0 Å². The van der Waals surface area contributed by atoms with Crippen LogP contribution >= 0.6 is 0 Å². The van der Waals surface area contributed by atoms with Gasteiger partial charge in [0.2, 0.25) is 0 Å². The first-order valence-electron chi connectivity index (χ1n) is 26.0. The number of hydrogen-bond donors (Lipinski definition) is 0. The van der Waals surface area contributed by atoms with Gasteiger partial charge in [0.15, 0.2) is 12.2 Å². The molecule has 0 N–H and O–H groups in total. The number of benzene rings is 2. The molecule has 8 unspecified atom stereocenters. The predicted molar refractivity (Wildman–Crippen MR) is 282 cm³/mol. The zero-order valence-corrected chi connectivity index (χ0v) is 46.7. The van der Waals surface area contributed by atoms with Crippen LogP contribution in [0.1, 0.15) is 134 Å². The van der Waals surface area contributed by atoms with E-state index in [1.807, 2.05) is 144 Å². The van der Waals surface area contributed by atoms with Crippen molar-refractivity contribution in [3.05, 3.63) is 84.1 Å². The van der Waals surface area contributed by atoms with Gasteiger partial charge in [-0.3, -0.25) is 19.3 Å². The Bertz CT molecular complexity index is 1940. The van der Waals surface area contributed by atoms with E-state index in [2.05, 4.69) is 6.58 Å². The lowest BCUT2D eigenvalue weighted by Crippen LogP contribution is -2.53. The third-order valence-electron chi connectivity index (χ3n) is 12.2. The standard InChI is InChI=1S/C53H80N4O10.2C2H6/c1-33(2)26-42-50(60)66-46(30-40-22-18-16-19-23-40)48(58)57(15)45(29-36(7)8)52(62)65-39(11)38(10)55(13)43(27-34(3)4)53(63)67-47(31-41-24-20-17-21-25-41)49(59)56(14)44(28-35(5)6)51(61)64-37(9)32-54(42)12;2*1-2/h16-25,33-37,39,42-47H,10,26-32H2,1-9,11-15H3;2*1-2H3. The monoisotopic (exact) mass is 993 g/mol. The lowest BCUT2D eigenvalue weighted by molar-refractivity contribution is -0.171. The zero-order valence-electron chi connectivity index (χ0n) is 46.7. The summed E-state index contributed by atoms with van der Waals surface area (Å²) >= 11 is 0. The highest BCUT2D eigenvalue weighted by Gasteiger charge is 2.41. The highest BCUT2D eigenvalue weighted by atomic mass is 16.6. The summed E-state index contributed by atoms with van der Waals surface area (Å²) in [6.07, 6.45) is -3.08. The number of ether oxygens (including phenoxy) is 4.